The van der Waals surface area contributed by atoms with E-state index in [9.17, 15) is 24.3 Å². The molecular weight excluding hydrogens is 568 g/mol. The van der Waals surface area contributed by atoms with Crippen LogP contribution in [0, 0.1) is 5.92 Å². The van der Waals surface area contributed by atoms with Crippen LogP contribution in [0.5, 0.6) is 0 Å². The van der Waals surface area contributed by atoms with Gasteiger partial charge in [-0.2, -0.15) is 12.6 Å². The van der Waals surface area contributed by atoms with Gasteiger partial charge in [-0.3, -0.25) is 14.4 Å². The zero-order valence-corrected chi connectivity index (χ0v) is 25.0. The van der Waals surface area contributed by atoms with Gasteiger partial charge in [0.1, 0.15) is 18.1 Å². The van der Waals surface area contributed by atoms with Gasteiger partial charge in [0.2, 0.25) is 17.7 Å². The number of carbonyl (C=O) groups excluding carboxylic acids is 3. The molecule has 3 amide bonds. The lowest BCUT2D eigenvalue weighted by atomic mass is 10.00. The largest absolute Gasteiger partial charge is 0.480 e. The lowest BCUT2D eigenvalue weighted by Crippen LogP contribution is -2.58. The summed E-state index contributed by atoms with van der Waals surface area (Å²) >= 11 is 4.05. The molecule has 2 heterocycles. The second kappa shape index (κ2) is 14.3. The summed E-state index contributed by atoms with van der Waals surface area (Å²) < 4.78 is 0. The zero-order valence-electron chi connectivity index (χ0n) is 24.1. The Bertz CT molecular complexity index is 1600. The molecule has 0 fully saturated rings. The second-order valence-electron chi connectivity index (χ2n) is 11.1. The minimum Gasteiger partial charge on any atom is -0.480 e. The number of carbonyl (C=O) groups is 4. The Hall–Kier alpha value is -4.29. The number of aliphatic carboxylic acids is 1. The zero-order chi connectivity index (χ0) is 31.1. The number of benzene rings is 2. The monoisotopic (exact) mass is 606 g/mol. The number of aromatic amines is 2. The molecule has 4 unspecified atom stereocenters. The van der Waals surface area contributed by atoms with E-state index in [0.29, 0.717) is 6.42 Å². The van der Waals surface area contributed by atoms with Crippen LogP contribution in [0.1, 0.15) is 31.4 Å². The normalized spacial score (nSPS) is 14.3. The number of hydrogen-bond donors (Lipinski definition) is 8. The summed E-state index contributed by atoms with van der Waals surface area (Å²) in [4.78, 5) is 58.4. The number of carboxylic acids is 1. The predicted molar refractivity (Wildman–Crippen MR) is 169 cm³/mol. The summed E-state index contributed by atoms with van der Waals surface area (Å²) in [7, 11) is 0. The molecule has 0 radical (unpaired) electrons. The van der Waals surface area contributed by atoms with Crippen molar-refractivity contribution >= 4 is 58.1 Å². The molecule has 11 nitrogen and oxygen atoms in total. The van der Waals surface area contributed by atoms with Crippen LogP contribution in [0.2, 0.25) is 0 Å². The summed E-state index contributed by atoms with van der Waals surface area (Å²) in [5, 5.41) is 19.3. The average Bonchev–Trinajstić information content (AvgIpc) is 3.58. The molecule has 228 valence electrons. The number of aromatic nitrogens is 2. The highest BCUT2D eigenvalue weighted by atomic mass is 32.1. The third kappa shape index (κ3) is 7.96. The second-order valence-corrected chi connectivity index (χ2v) is 11.4. The van der Waals surface area contributed by atoms with Gasteiger partial charge in [-0.25, -0.2) is 4.79 Å². The van der Waals surface area contributed by atoms with Gasteiger partial charge in [-0.15, -0.1) is 0 Å². The molecule has 0 aliphatic rings. The summed E-state index contributed by atoms with van der Waals surface area (Å²) in [6.45, 7) is 3.90. The highest BCUT2D eigenvalue weighted by Gasteiger charge is 2.31. The van der Waals surface area contributed by atoms with Crippen LogP contribution in [-0.2, 0) is 32.0 Å². The van der Waals surface area contributed by atoms with Crippen molar-refractivity contribution in [2.75, 3.05) is 5.75 Å². The molecule has 2 aromatic carbocycles. The number of para-hydroxylation sites is 2. The first-order valence-electron chi connectivity index (χ1n) is 14.2. The first kappa shape index (κ1) is 31.6. The highest BCUT2D eigenvalue weighted by molar-refractivity contribution is 7.80. The Morgan fingerprint density at radius 2 is 1.21 bits per heavy atom. The maximum atomic E-state index is 13.9. The molecule has 0 bridgehead atoms. The highest BCUT2D eigenvalue weighted by Crippen LogP contribution is 2.21. The molecule has 0 saturated heterocycles. The molecule has 4 aromatic rings. The van der Waals surface area contributed by atoms with E-state index in [1.165, 1.54) is 0 Å². The minimum atomic E-state index is -1.26. The standard InChI is InChI=1S/C31H38N6O5S/c1-17(2)11-22(32)28(38)35-25(12-18-14-33-23-9-5-3-7-20(18)23)29(39)36-26(30(40)37-27(16-43)31(41)42)13-19-15-34-24-10-6-4-8-21(19)24/h3-10,14-15,17,22,25-27,33-34,43H,11-13,16,32H2,1-2H3,(H,35,38)(H,36,39)(H,37,40)(H,41,42). The van der Waals surface area contributed by atoms with Gasteiger partial charge >= 0.3 is 5.97 Å². The Balaban J connectivity index is 1.63. The van der Waals surface area contributed by atoms with Crippen LogP contribution in [-0.4, -0.2) is 68.7 Å². The van der Waals surface area contributed by atoms with E-state index in [4.69, 9.17) is 5.73 Å². The quantitative estimate of drug-likeness (QED) is 0.102. The smallest absolute Gasteiger partial charge is 0.327 e. The number of hydrogen-bond acceptors (Lipinski definition) is 6. The lowest BCUT2D eigenvalue weighted by molar-refractivity contribution is -0.141. The van der Waals surface area contributed by atoms with E-state index in [0.717, 1.165) is 32.9 Å². The number of rotatable bonds is 14. The van der Waals surface area contributed by atoms with E-state index < -0.39 is 47.9 Å². The first-order chi connectivity index (χ1) is 20.6. The van der Waals surface area contributed by atoms with E-state index in [2.05, 4.69) is 38.5 Å². The molecule has 0 spiro atoms. The fraction of sp³-hybridized carbons (Fsp3) is 0.355. The molecule has 0 saturated carbocycles. The van der Waals surface area contributed by atoms with Gasteiger partial charge in [-0.1, -0.05) is 50.2 Å². The number of nitrogens with two attached hydrogens (primary N) is 1. The summed E-state index contributed by atoms with van der Waals surface area (Å²) in [6.07, 6.45) is 4.16. The van der Waals surface area contributed by atoms with Gasteiger partial charge in [0, 0.05) is 52.8 Å². The Kier molecular flexibility index (Phi) is 10.5. The van der Waals surface area contributed by atoms with Crippen molar-refractivity contribution in [1.82, 2.24) is 25.9 Å². The van der Waals surface area contributed by atoms with Crippen LogP contribution in [0.15, 0.2) is 60.9 Å². The fourth-order valence-electron chi connectivity index (χ4n) is 5.08. The molecule has 43 heavy (non-hydrogen) atoms. The van der Waals surface area contributed by atoms with Crippen LogP contribution < -0.4 is 21.7 Å². The van der Waals surface area contributed by atoms with Gasteiger partial charge in [0.15, 0.2) is 0 Å². The van der Waals surface area contributed by atoms with Gasteiger partial charge < -0.3 is 36.8 Å². The maximum Gasteiger partial charge on any atom is 0.327 e. The number of fused-ring (bicyclic) bond motifs is 2. The SMILES string of the molecule is CC(C)CC(N)C(=O)NC(Cc1c[nH]c2ccccc12)C(=O)NC(Cc1c[nH]c2ccccc12)C(=O)NC(CS)C(=O)O. The number of nitrogens with one attached hydrogen (secondary N) is 5. The number of amides is 3. The number of H-pyrrole nitrogens is 2. The molecule has 0 aliphatic carbocycles. The minimum absolute atomic E-state index is 0.0705. The molecule has 4 rings (SSSR count). The van der Waals surface area contributed by atoms with E-state index >= 15 is 0 Å². The van der Waals surface area contributed by atoms with Crippen LogP contribution >= 0.6 is 12.6 Å². The molecule has 0 aliphatic heterocycles. The summed E-state index contributed by atoms with van der Waals surface area (Å²) in [6, 6.07) is 10.8. The maximum absolute atomic E-state index is 13.9. The van der Waals surface area contributed by atoms with Crippen molar-refractivity contribution in [2.45, 2.75) is 57.3 Å². The molecular formula is C31H38N6O5S. The van der Waals surface area contributed by atoms with Crippen molar-refractivity contribution in [3.63, 3.8) is 0 Å². The first-order valence-corrected chi connectivity index (χ1v) is 14.8. The van der Waals surface area contributed by atoms with E-state index in [-0.39, 0.29) is 24.5 Å². The summed E-state index contributed by atoms with van der Waals surface area (Å²) in [5.41, 5.74) is 9.42. The number of carboxylic acid groups (broad SMARTS) is 1. The van der Waals surface area contributed by atoms with Gasteiger partial charge in [0.05, 0.1) is 6.04 Å². The third-order valence-electron chi connectivity index (χ3n) is 7.32. The fourth-order valence-corrected chi connectivity index (χ4v) is 5.33. The van der Waals surface area contributed by atoms with E-state index in [1.807, 2.05) is 62.4 Å². The predicted octanol–water partition coefficient (Wildman–Crippen LogP) is 2.28. The van der Waals surface area contributed by atoms with Crippen molar-refractivity contribution in [3.05, 3.63) is 72.1 Å². The van der Waals surface area contributed by atoms with Crippen LogP contribution in [0.4, 0.5) is 0 Å². The Morgan fingerprint density at radius 1 is 0.767 bits per heavy atom. The van der Waals surface area contributed by atoms with Gasteiger partial charge in [-0.05, 0) is 35.6 Å². The van der Waals surface area contributed by atoms with Crippen LogP contribution in [0.3, 0.4) is 0 Å². The topological polar surface area (TPSA) is 182 Å². The summed E-state index contributed by atoms with van der Waals surface area (Å²) in [5.74, 6) is -2.99. The Labute approximate surface area is 254 Å². The molecule has 8 N–H and O–H groups in total. The van der Waals surface area contributed by atoms with E-state index in [1.54, 1.807) is 12.4 Å². The van der Waals surface area contributed by atoms with Crippen LogP contribution in [0.25, 0.3) is 21.8 Å². The number of thiol groups is 1. The lowest BCUT2D eigenvalue weighted by Gasteiger charge is -2.25. The molecule has 2 aromatic heterocycles. The van der Waals surface area contributed by atoms with Gasteiger partial charge in [0.25, 0.3) is 0 Å². The molecule has 4 atom stereocenters. The third-order valence-corrected chi connectivity index (χ3v) is 7.69. The average molecular weight is 607 g/mol. The van der Waals surface area contributed by atoms with Crippen molar-refractivity contribution in [1.29, 1.82) is 0 Å². The van der Waals surface area contributed by atoms with Crippen molar-refractivity contribution < 1.29 is 24.3 Å². The van der Waals surface area contributed by atoms with Crippen molar-refractivity contribution in [2.24, 2.45) is 11.7 Å². The molecule has 12 heteroatoms. The Morgan fingerprint density at radius 3 is 1.65 bits per heavy atom. The van der Waals surface area contributed by atoms with Crippen molar-refractivity contribution in [3.8, 4) is 0 Å².